The van der Waals surface area contributed by atoms with Crippen molar-refractivity contribution < 1.29 is 9.18 Å². The van der Waals surface area contributed by atoms with Gasteiger partial charge in [-0.25, -0.2) is 14.1 Å². The van der Waals surface area contributed by atoms with Gasteiger partial charge in [-0.05, 0) is 31.0 Å². The van der Waals surface area contributed by atoms with Crippen molar-refractivity contribution in [1.82, 2.24) is 20.1 Å². The van der Waals surface area contributed by atoms with Crippen LogP contribution < -0.4 is 11.1 Å². The molecule has 0 aliphatic heterocycles. The Balaban J connectivity index is 1.92. The molecule has 134 valence electrons. The first-order valence-corrected chi connectivity index (χ1v) is 8.69. The van der Waals surface area contributed by atoms with E-state index in [4.69, 9.17) is 5.73 Å². The van der Waals surface area contributed by atoms with Crippen LogP contribution in [0.2, 0.25) is 0 Å². The van der Waals surface area contributed by atoms with E-state index in [9.17, 15) is 9.18 Å². The van der Waals surface area contributed by atoms with Crippen molar-refractivity contribution in [2.75, 3.05) is 6.54 Å². The average molecular weight is 345 g/mol. The Hall–Kier alpha value is -2.28. The molecule has 0 atom stereocenters. The summed E-state index contributed by atoms with van der Waals surface area (Å²) < 4.78 is 15.1. The summed E-state index contributed by atoms with van der Waals surface area (Å²) in [6, 6.07) is 6.09. The van der Waals surface area contributed by atoms with Crippen LogP contribution in [0, 0.1) is 5.82 Å². The lowest BCUT2D eigenvalue weighted by Gasteiger charge is -2.27. The zero-order valence-corrected chi connectivity index (χ0v) is 14.6. The number of hydrogen-bond acceptors (Lipinski definition) is 4. The van der Waals surface area contributed by atoms with Crippen molar-refractivity contribution in [3.63, 3.8) is 0 Å². The van der Waals surface area contributed by atoms with E-state index in [1.807, 2.05) is 13.8 Å². The molecule has 2 aromatic rings. The highest BCUT2D eigenvalue weighted by Gasteiger charge is 2.35. The molecule has 1 aliphatic rings. The van der Waals surface area contributed by atoms with Gasteiger partial charge in [0.1, 0.15) is 11.6 Å². The summed E-state index contributed by atoms with van der Waals surface area (Å²) in [5.41, 5.74) is 6.07. The minimum atomic E-state index is -0.362. The van der Waals surface area contributed by atoms with Gasteiger partial charge in [-0.15, -0.1) is 5.10 Å². The normalized spacial score (nSPS) is 16.4. The van der Waals surface area contributed by atoms with Crippen molar-refractivity contribution in [2.24, 2.45) is 5.73 Å². The van der Waals surface area contributed by atoms with Gasteiger partial charge in [-0.2, -0.15) is 0 Å². The number of nitrogens with one attached hydrogen (secondary N) is 1. The molecule has 6 nitrogen and oxygen atoms in total. The van der Waals surface area contributed by atoms with Gasteiger partial charge in [0.05, 0.1) is 11.2 Å². The molecule has 1 aromatic carbocycles. The Labute approximate surface area is 146 Å². The number of benzene rings is 1. The summed E-state index contributed by atoms with van der Waals surface area (Å²) in [6.45, 7) is 4.32. The number of rotatable bonds is 5. The van der Waals surface area contributed by atoms with Gasteiger partial charge in [0, 0.05) is 12.5 Å². The van der Waals surface area contributed by atoms with Crippen molar-refractivity contribution in [3.8, 4) is 5.69 Å². The third kappa shape index (κ3) is 3.56. The fourth-order valence-electron chi connectivity index (χ4n) is 3.32. The summed E-state index contributed by atoms with van der Waals surface area (Å²) in [6.07, 6.45) is 3.85. The van der Waals surface area contributed by atoms with Crippen LogP contribution in [0.3, 0.4) is 0 Å². The minimum absolute atomic E-state index is 0.0345. The van der Waals surface area contributed by atoms with Gasteiger partial charge in [-0.1, -0.05) is 32.8 Å². The smallest absolute Gasteiger partial charge is 0.291 e. The van der Waals surface area contributed by atoms with E-state index < -0.39 is 0 Å². The lowest BCUT2D eigenvalue weighted by atomic mass is 9.98. The number of carbonyl (C=O) groups is 1. The number of hydrogen-bond donors (Lipinski definition) is 2. The number of halogens is 1. The van der Waals surface area contributed by atoms with Gasteiger partial charge in [0.25, 0.3) is 5.91 Å². The predicted octanol–water partition coefficient (Wildman–Crippen LogP) is 2.53. The SMILES string of the molecule is CC(C)c1nc(C(=O)NC2(CN)CCCC2)nn1-c1cccc(F)c1. The van der Waals surface area contributed by atoms with Crippen molar-refractivity contribution >= 4 is 5.91 Å². The van der Waals surface area contributed by atoms with Crippen LogP contribution in [0.25, 0.3) is 5.69 Å². The largest absolute Gasteiger partial charge is 0.343 e. The van der Waals surface area contributed by atoms with E-state index in [2.05, 4.69) is 15.4 Å². The molecule has 1 aromatic heterocycles. The molecule has 25 heavy (non-hydrogen) atoms. The first kappa shape index (κ1) is 17.5. The maximum absolute atomic E-state index is 13.6. The van der Waals surface area contributed by atoms with Crippen molar-refractivity contribution in [3.05, 3.63) is 41.7 Å². The number of nitrogens with zero attached hydrogens (tertiary/aromatic N) is 3. The van der Waals surface area contributed by atoms with Crippen LogP contribution in [-0.2, 0) is 0 Å². The second-order valence-electron chi connectivity index (χ2n) is 6.99. The third-order valence-electron chi connectivity index (χ3n) is 4.73. The second kappa shape index (κ2) is 6.92. The summed E-state index contributed by atoms with van der Waals surface area (Å²) in [5, 5.41) is 7.36. The summed E-state index contributed by atoms with van der Waals surface area (Å²) >= 11 is 0. The van der Waals surface area contributed by atoms with E-state index in [-0.39, 0.29) is 29.0 Å². The van der Waals surface area contributed by atoms with Crippen LogP contribution in [0.5, 0.6) is 0 Å². The first-order valence-electron chi connectivity index (χ1n) is 8.69. The lowest BCUT2D eigenvalue weighted by molar-refractivity contribution is 0.0892. The molecule has 0 unspecified atom stereocenters. The molecule has 0 bridgehead atoms. The Bertz CT molecular complexity index is 765. The molecular weight excluding hydrogens is 321 g/mol. The monoisotopic (exact) mass is 345 g/mol. The van der Waals surface area contributed by atoms with Crippen LogP contribution in [0.1, 0.15) is 61.9 Å². The van der Waals surface area contributed by atoms with Crippen molar-refractivity contribution in [1.29, 1.82) is 0 Å². The average Bonchev–Trinajstić information content (AvgIpc) is 3.22. The molecule has 0 spiro atoms. The fourth-order valence-corrected chi connectivity index (χ4v) is 3.32. The number of carbonyl (C=O) groups excluding carboxylic acids is 1. The Morgan fingerprint density at radius 3 is 2.72 bits per heavy atom. The molecule has 1 fully saturated rings. The predicted molar refractivity (Wildman–Crippen MR) is 93.1 cm³/mol. The molecule has 0 radical (unpaired) electrons. The van der Waals surface area contributed by atoms with Gasteiger partial charge >= 0.3 is 0 Å². The van der Waals surface area contributed by atoms with Crippen LogP contribution in [-0.4, -0.2) is 32.8 Å². The summed E-state index contributed by atoms with van der Waals surface area (Å²) in [7, 11) is 0. The molecule has 1 saturated carbocycles. The molecule has 1 aliphatic carbocycles. The Morgan fingerprint density at radius 1 is 1.40 bits per heavy atom. The standard InChI is InChI=1S/C18H24FN5O/c1-12(2)16-21-15(17(25)22-18(11-20)8-3-4-9-18)23-24(16)14-7-5-6-13(19)10-14/h5-7,10,12H,3-4,8-9,11,20H2,1-2H3,(H,22,25). The second-order valence-corrected chi connectivity index (χ2v) is 6.99. The topological polar surface area (TPSA) is 85.8 Å². The Morgan fingerprint density at radius 2 is 2.12 bits per heavy atom. The molecule has 1 amide bonds. The van der Waals surface area contributed by atoms with E-state index >= 15 is 0 Å². The first-order chi connectivity index (χ1) is 11.9. The fraction of sp³-hybridized carbons (Fsp3) is 0.500. The third-order valence-corrected chi connectivity index (χ3v) is 4.73. The zero-order chi connectivity index (χ0) is 18.0. The highest BCUT2D eigenvalue weighted by molar-refractivity contribution is 5.91. The quantitative estimate of drug-likeness (QED) is 0.872. The highest BCUT2D eigenvalue weighted by atomic mass is 19.1. The summed E-state index contributed by atoms with van der Waals surface area (Å²) in [5.74, 6) is 0.0510. The van der Waals surface area contributed by atoms with E-state index in [0.29, 0.717) is 18.1 Å². The van der Waals surface area contributed by atoms with Crippen LogP contribution in [0.4, 0.5) is 4.39 Å². The Kier molecular flexibility index (Phi) is 4.85. The highest BCUT2D eigenvalue weighted by Crippen LogP contribution is 2.29. The summed E-state index contributed by atoms with van der Waals surface area (Å²) in [4.78, 5) is 17.1. The maximum Gasteiger partial charge on any atom is 0.291 e. The molecular formula is C18H24FN5O. The molecule has 3 N–H and O–H groups in total. The van der Waals surface area contributed by atoms with Crippen LogP contribution in [0.15, 0.2) is 24.3 Å². The maximum atomic E-state index is 13.6. The molecule has 7 heteroatoms. The number of amides is 1. The van der Waals surface area contributed by atoms with Gasteiger partial charge < -0.3 is 11.1 Å². The molecule has 1 heterocycles. The van der Waals surface area contributed by atoms with E-state index in [0.717, 1.165) is 25.7 Å². The van der Waals surface area contributed by atoms with Gasteiger partial charge in [-0.3, -0.25) is 4.79 Å². The van der Waals surface area contributed by atoms with Crippen molar-refractivity contribution in [2.45, 2.75) is 51.0 Å². The minimum Gasteiger partial charge on any atom is -0.343 e. The molecule has 3 rings (SSSR count). The zero-order valence-electron chi connectivity index (χ0n) is 14.6. The lowest BCUT2D eigenvalue weighted by Crippen LogP contribution is -2.51. The van der Waals surface area contributed by atoms with Crippen LogP contribution >= 0.6 is 0 Å². The van der Waals surface area contributed by atoms with Gasteiger partial charge in [0.15, 0.2) is 0 Å². The van der Waals surface area contributed by atoms with E-state index in [1.54, 1.807) is 12.1 Å². The van der Waals surface area contributed by atoms with E-state index in [1.165, 1.54) is 16.8 Å². The molecule has 0 saturated heterocycles. The van der Waals surface area contributed by atoms with Gasteiger partial charge in [0.2, 0.25) is 5.82 Å². The number of nitrogens with two attached hydrogens (primary N) is 1. The number of aromatic nitrogens is 3.